The monoisotopic (exact) mass is 456 g/mol. The number of fused-ring (bicyclic) bond motifs is 1. The zero-order chi connectivity index (χ0) is 23.6. The van der Waals surface area contributed by atoms with Gasteiger partial charge in [-0.25, -0.2) is 9.18 Å². The minimum absolute atomic E-state index is 0.00292. The van der Waals surface area contributed by atoms with Crippen LogP contribution in [0.2, 0.25) is 0 Å². The normalized spacial score (nSPS) is 21.7. The van der Waals surface area contributed by atoms with E-state index in [0.717, 1.165) is 38.5 Å². The summed E-state index contributed by atoms with van der Waals surface area (Å²) in [7, 11) is 1.22. The van der Waals surface area contributed by atoms with Crippen molar-refractivity contribution in [2.24, 2.45) is 0 Å². The maximum Gasteiger partial charge on any atom is 0.358 e. The number of ether oxygens (including phenoxy) is 1. The van der Waals surface area contributed by atoms with Crippen molar-refractivity contribution < 1.29 is 23.5 Å². The number of anilines is 1. The van der Waals surface area contributed by atoms with Crippen molar-refractivity contribution in [3.8, 4) is 0 Å². The number of benzene rings is 1. The van der Waals surface area contributed by atoms with Crippen LogP contribution in [0.3, 0.4) is 0 Å². The summed E-state index contributed by atoms with van der Waals surface area (Å²) in [6.07, 6.45) is 7.28. The standard InChI is InChI=1S/C24H29FN4O4/c1-24(23(32)26-16-10-6-4-3-5-7-11-16)15-28-20(14-18(27-28)22(31)33-2)21(30)29(24)19-13-9-8-12-17(19)25/h8-9,12-14,16H,3-7,10-11,15H2,1-2H3,(H,26,32). The van der Waals surface area contributed by atoms with Gasteiger partial charge in [0.05, 0.1) is 19.3 Å². The van der Waals surface area contributed by atoms with Crippen molar-refractivity contribution >= 4 is 23.5 Å². The summed E-state index contributed by atoms with van der Waals surface area (Å²) in [5.41, 5.74) is -1.40. The van der Waals surface area contributed by atoms with Gasteiger partial charge in [-0.1, -0.05) is 44.2 Å². The highest BCUT2D eigenvalue weighted by Crippen LogP contribution is 2.34. The van der Waals surface area contributed by atoms with Crippen LogP contribution >= 0.6 is 0 Å². The number of carbonyl (C=O) groups is 3. The third kappa shape index (κ3) is 4.36. The fourth-order valence-corrected chi connectivity index (χ4v) is 4.74. The van der Waals surface area contributed by atoms with E-state index in [4.69, 9.17) is 4.74 Å². The molecule has 1 atom stereocenters. The lowest BCUT2D eigenvalue weighted by Crippen LogP contribution is -2.65. The molecule has 1 unspecified atom stereocenters. The lowest BCUT2D eigenvalue weighted by atomic mass is 9.91. The Hall–Kier alpha value is -3.23. The van der Waals surface area contributed by atoms with Gasteiger partial charge in [-0.3, -0.25) is 19.2 Å². The summed E-state index contributed by atoms with van der Waals surface area (Å²) in [5.74, 6) is -2.28. The number of amides is 2. The Morgan fingerprint density at radius 2 is 1.82 bits per heavy atom. The van der Waals surface area contributed by atoms with Crippen LogP contribution in [0.5, 0.6) is 0 Å². The predicted octanol–water partition coefficient (Wildman–Crippen LogP) is 3.46. The molecule has 4 rings (SSSR count). The molecule has 0 bridgehead atoms. The number of nitrogens with one attached hydrogen (secondary N) is 1. The third-order valence-corrected chi connectivity index (χ3v) is 6.57. The summed E-state index contributed by atoms with van der Waals surface area (Å²) in [6, 6.07) is 7.18. The molecule has 2 aromatic rings. The number of halogens is 1. The zero-order valence-electron chi connectivity index (χ0n) is 19.0. The first-order chi connectivity index (χ1) is 15.8. The average Bonchev–Trinajstić information content (AvgIpc) is 3.20. The van der Waals surface area contributed by atoms with E-state index >= 15 is 0 Å². The first kappa shape index (κ1) is 22.9. The molecular formula is C24H29FN4O4. The minimum Gasteiger partial charge on any atom is -0.464 e. The second-order valence-corrected chi connectivity index (χ2v) is 8.95. The van der Waals surface area contributed by atoms with Crippen LogP contribution in [-0.4, -0.2) is 46.3 Å². The first-order valence-electron chi connectivity index (χ1n) is 11.4. The SMILES string of the molecule is COC(=O)c1cc2n(n1)CC(C)(C(=O)NC1CCCCCCC1)N(c1ccccc1F)C2=O. The number of hydrogen-bond acceptors (Lipinski definition) is 5. The fraction of sp³-hybridized carbons (Fsp3) is 0.500. The van der Waals surface area contributed by atoms with Crippen molar-refractivity contribution in [1.29, 1.82) is 0 Å². The van der Waals surface area contributed by atoms with E-state index in [-0.39, 0.29) is 35.6 Å². The number of para-hydroxylation sites is 1. The van der Waals surface area contributed by atoms with Gasteiger partial charge in [0.1, 0.15) is 17.1 Å². The Labute approximate surface area is 192 Å². The molecule has 1 aromatic carbocycles. The van der Waals surface area contributed by atoms with Crippen LogP contribution in [0.1, 0.15) is 72.8 Å². The van der Waals surface area contributed by atoms with Crippen molar-refractivity contribution in [2.75, 3.05) is 12.0 Å². The lowest BCUT2D eigenvalue weighted by molar-refractivity contribution is -0.127. The van der Waals surface area contributed by atoms with Crippen molar-refractivity contribution in [3.05, 3.63) is 47.5 Å². The number of aromatic nitrogens is 2. The molecule has 1 aliphatic heterocycles. The zero-order valence-corrected chi connectivity index (χ0v) is 19.0. The molecule has 1 N–H and O–H groups in total. The second-order valence-electron chi connectivity index (χ2n) is 8.95. The smallest absolute Gasteiger partial charge is 0.358 e. The topological polar surface area (TPSA) is 93.5 Å². The molecule has 2 heterocycles. The molecule has 0 radical (unpaired) electrons. The Morgan fingerprint density at radius 1 is 1.15 bits per heavy atom. The molecule has 0 spiro atoms. The van der Waals surface area contributed by atoms with Gasteiger partial charge in [0.2, 0.25) is 5.91 Å². The Kier molecular flexibility index (Phi) is 6.49. The van der Waals surface area contributed by atoms with Gasteiger partial charge in [-0.05, 0) is 31.9 Å². The van der Waals surface area contributed by atoms with E-state index in [1.54, 1.807) is 13.0 Å². The quantitative estimate of drug-likeness (QED) is 0.712. The molecule has 1 fully saturated rings. The van der Waals surface area contributed by atoms with Crippen molar-refractivity contribution in [2.45, 2.75) is 70.0 Å². The Bertz CT molecular complexity index is 1060. The highest BCUT2D eigenvalue weighted by atomic mass is 19.1. The molecule has 8 nitrogen and oxygen atoms in total. The molecule has 2 aliphatic rings. The fourth-order valence-electron chi connectivity index (χ4n) is 4.74. The molecule has 0 saturated heterocycles. The van der Waals surface area contributed by atoms with E-state index in [1.165, 1.54) is 47.4 Å². The van der Waals surface area contributed by atoms with Gasteiger partial charge in [-0.15, -0.1) is 0 Å². The van der Waals surface area contributed by atoms with Gasteiger partial charge >= 0.3 is 5.97 Å². The summed E-state index contributed by atoms with van der Waals surface area (Å²) in [4.78, 5) is 40.4. The third-order valence-electron chi connectivity index (χ3n) is 6.57. The lowest BCUT2D eigenvalue weighted by Gasteiger charge is -2.43. The van der Waals surface area contributed by atoms with Crippen LogP contribution in [-0.2, 0) is 16.1 Å². The summed E-state index contributed by atoms with van der Waals surface area (Å²) < 4.78 is 20.9. The van der Waals surface area contributed by atoms with Crippen LogP contribution in [0, 0.1) is 5.82 Å². The number of methoxy groups -OCH3 is 1. The highest BCUT2D eigenvalue weighted by molar-refractivity contribution is 6.12. The summed E-state index contributed by atoms with van der Waals surface area (Å²) >= 11 is 0. The predicted molar refractivity (Wildman–Crippen MR) is 119 cm³/mol. The number of nitrogens with zero attached hydrogens (tertiary/aromatic N) is 3. The molecule has 2 amide bonds. The Balaban J connectivity index is 1.73. The summed E-state index contributed by atoms with van der Waals surface area (Å²) in [5, 5.41) is 7.32. The number of carbonyl (C=O) groups excluding carboxylic acids is 3. The second kappa shape index (κ2) is 9.33. The van der Waals surface area contributed by atoms with Crippen molar-refractivity contribution in [3.63, 3.8) is 0 Å². The van der Waals surface area contributed by atoms with Gasteiger partial charge in [0.25, 0.3) is 5.91 Å². The highest BCUT2D eigenvalue weighted by Gasteiger charge is 2.50. The number of hydrogen-bond donors (Lipinski definition) is 1. The number of rotatable bonds is 4. The van der Waals surface area contributed by atoms with E-state index in [1.807, 2.05) is 0 Å². The van der Waals surface area contributed by atoms with E-state index in [9.17, 15) is 18.8 Å². The average molecular weight is 457 g/mol. The number of esters is 1. The van der Waals surface area contributed by atoms with Gasteiger partial charge in [0, 0.05) is 12.1 Å². The van der Waals surface area contributed by atoms with Crippen LogP contribution in [0.25, 0.3) is 0 Å². The van der Waals surface area contributed by atoms with Gasteiger partial charge in [0.15, 0.2) is 5.69 Å². The van der Waals surface area contributed by atoms with Crippen molar-refractivity contribution in [1.82, 2.24) is 15.1 Å². The molecular weight excluding hydrogens is 427 g/mol. The molecule has 33 heavy (non-hydrogen) atoms. The minimum atomic E-state index is -1.45. The van der Waals surface area contributed by atoms with Crippen LogP contribution in [0.4, 0.5) is 10.1 Å². The maximum atomic E-state index is 14.9. The summed E-state index contributed by atoms with van der Waals surface area (Å²) in [6.45, 7) is 1.58. The first-order valence-corrected chi connectivity index (χ1v) is 11.4. The van der Waals surface area contributed by atoms with E-state index in [0.29, 0.717) is 0 Å². The Morgan fingerprint density at radius 3 is 2.48 bits per heavy atom. The van der Waals surface area contributed by atoms with E-state index < -0.39 is 23.2 Å². The van der Waals surface area contributed by atoms with Gasteiger partial charge < -0.3 is 10.1 Å². The largest absolute Gasteiger partial charge is 0.464 e. The molecule has 9 heteroatoms. The van der Waals surface area contributed by atoms with Crippen LogP contribution in [0.15, 0.2) is 30.3 Å². The van der Waals surface area contributed by atoms with E-state index in [2.05, 4.69) is 10.4 Å². The van der Waals surface area contributed by atoms with Gasteiger partial charge in [-0.2, -0.15) is 5.10 Å². The van der Waals surface area contributed by atoms with Crippen LogP contribution < -0.4 is 10.2 Å². The molecule has 1 aromatic heterocycles. The maximum absolute atomic E-state index is 14.9. The molecule has 1 saturated carbocycles. The molecule has 176 valence electrons. The molecule has 1 aliphatic carbocycles.